The van der Waals surface area contributed by atoms with Crippen molar-refractivity contribution in [3.63, 3.8) is 0 Å². The minimum atomic E-state index is -0.452. The molecule has 1 aromatic carbocycles. The summed E-state index contributed by atoms with van der Waals surface area (Å²) in [4.78, 5) is 0. The summed E-state index contributed by atoms with van der Waals surface area (Å²) in [6, 6.07) is 8.01. The molecule has 0 amide bonds. The molecule has 0 radical (unpaired) electrons. The molecule has 0 aromatic heterocycles. The number of rotatable bonds is 3. The molecule has 1 aliphatic rings. The van der Waals surface area contributed by atoms with E-state index in [0.29, 0.717) is 6.61 Å². The Hall–Kier alpha value is -1.06. The zero-order valence-electron chi connectivity index (χ0n) is 10.0. The molecule has 1 saturated heterocycles. The van der Waals surface area contributed by atoms with Crippen molar-refractivity contribution >= 4 is 0 Å². The fraction of sp³-hybridized carbons (Fsp3) is 0.538. The van der Waals surface area contributed by atoms with Crippen LogP contribution in [0, 0.1) is 0 Å². The molecule has 0 saturated carbocycles. The second-order valence-electron chi connectivity index (χ2n) is 4.47. The highest BCUT2D eigenvalue weighted by Crippen LogP contribution is 2.27. The van der Waals surface area contributed by atoms with Gasteiger partial charge >= 0.3 is 0 Å². The van der Waals surface area contributed by atoms with Crippen molar-refractivity contribution in [3.05, 3.63) is 29.8 Å². The van der Waals surface area contributed by atoms with E-state index in [2.05, 4.69) is 6.07 Å². The van der Waals surface area contributed by atoms with Crippen LogP contribution in [0.3, 0.4) is 0 Å². The van der Waals surface area contributed by atoms with E-state index in [1.807, 2.05) is 32.0 Å². The van der Waals surface area contributed by atoms with Gasteiger partial charge in [-0.3, -0.25) is 0 Å². The van der Waals surface area contributed by atoms with Crippen LogP contribution in [0.1, 0.15) is 19.4 Å². The van der Waals surface area contributed by atoms with Crippen molar-refractivity contribution in [2.75, 3.05) is 13.7 Å². The molecular formula is C13H18O3. The molecule has 3 heteroatoms. The van der Waals surface area contributed by atoms with Crippen LogP contribution in [0.15, 0.2) is 24.3 Å². The van der Waals surface area contributed by atoms with Gasteiger partial charge in [0.15, 0.2) is 5.79 Å². The average Bonchev–Trinajstić information content (AvgIpc) is 2.59. The van der Waals surface area contributed by atoms with Crippen LogP contribution < -0.4 is 4.74 Å². The number of benzene rings is 1. The molecule has 1 aliphatic heterocycles. The minimum absolute atomic E-state index is 0.117. The third-order valence-electron chi connectivity index (χ3n) is 2.71. The van der Waals surface area contributed by atoms with Gasteiger partial charge in [-0.25, -0.2) is 0 Å². The van der Waals surface area contributed by atoms with Crippen LogP contribution in [0.2, 0.25) is 0 Å². The van der Waals surface area contributed by atoms with Gasteiger partial charge in [0.05, 0.1) is 19.8 Å². The number of para-hydroxylation sites is 1. The van der Waals surface area contributed by atoms with Crippen molar-refractivity contribution in [2.24, 2.45) is 0 Å². The Balaban J connectivity index is 2.04. The monoisotopic (exact) mass is 222 g/mol. The predicted octanol–water partition coefficient (Wildman–Crippen LogP) is 2.39. The van der Waals surface area contributed by atoms with Crippen molar-refractivity contribution < 1.29 is 14.2 Å². The molecule has 88 valence electrons. The molecule has 1 aromatic rings. The maximum Gasteiger partial charge on any atom is 0.163 e. The van der Waals surface area contributed by atoms with Gasteiger partial charge < -0.3 is 14.2 Å². The second kappa shape index (κ2) is 4.44. The summed E-state index contributed by atoms with van der Waals surface area (Å²) >= 11 is 0. The van der Waals surface area contributed by atoms with Crippen LogP contribution in [0.4, 0.5) is 0 Å². The quantitative estimate of drug-likeness (QED) is 0.786. The van der Waals surface area contributed by atoms with Crippen molar-refractivity contribution in [3.8, 4) is 5.75 Å². The van der Waals surface area contributed by atoms with Crippen LogP contribution in [-0.2, 0) is 15.9 Å². The lowest BCUT2D eigenvalue weighted by Crippen LogP contribution is -2.22. The maximum absolute atomic E-state index is 5.77. The van der Waals surface area contributed by atoms with E-state index < -0.39 is 5.79 Å². The molecule has 1 fully saturated rings. The highest BCUT2D eigenvalue weighted by atomic mass is 16.7. The van der Waals surface area contributed by atoms with E-state index in [-0.39, 0.29) is 6.10 Å². The highest BCUT2D eigenvalue weighted by Gasteiger charge is 2.32. The molecule has 16 heavy (non-hydrogen) atoms. The smallest absolute Gasteiger partial charge is 0.163 e. The lowest BCUT2D eigenvalue weighted by atomic mass is 10.1. The molecule has 2 rings (SSSR count). The van der Waals surface area contributed by atoms with Crippen LogP contribution in [0.5, 0.6) is 5.75 Å². The SMILES string of the molecule is COc1ccccc1CC1COC(C)(C)O1. The largest absolute Gasteiger partial charge is 0.496 e. The first-order valence-electron chi connectivity index (χ1n) is 5.54. The van der Waals surface area contributed by atoms with E-state index in [1.54, 1.807) is 7.11 Å². The van der Waals surface area contributed by atoms with Crippen molar-refractivity contribution in [1.82, 2.24) is 0 Å². The second-order valence-corrected chi connectivity index (χ2v) is 4.47. The summed E-state index contributed by atoms with van der Waals surface area (Å²) in [5.41, 5.74) is 1.16. The number of methoxy groups -OCH3 is 1. The van der Waals surface area contributed by atoms with E-state index in [1.165, 1.54) is 0 Å². The molecule has 0 spiro atoms. The van der Waals surface area contributed by atoms with Gasteiger partial charge in [0, 0.05) is 6.42 Å². The lowest BCUT2D eigenvalue weighted by molar-refractivity contribution is -0.138. The first-order valence-corrected chi connectivity index (χ1v) is 5.54. The van der Waals surface area contributed by atoms with Gasteiger partial charge in [-0.05, 0) is 25.5 Å². The topological polar surface area (TPSA) is 27.7 Å². The van der Waals surface area contributed by atoms with Gasteiger partial charge in [-0.2, -0.15) is 0 Å². The standard InChI is InChI=1S/C13H18O3/c1-13(2)15-9-11(16-13)8-10-6-4-5-7-12(10)14-3/h4-7,11H,8-9H2,1-3H3. The molecule has 1 atom stereocenters. The van der Waals surface area contributed by atoms with Crippen LogP contribution in [-0.4, -0.2) is 25.6 Å². The zero-order chi connectivity index (χ0) is 11.6. The van der Waals surface area contributed by atoms with Gasteiger partial charge in [-0.15, -0.1) is 0 Å². The molecule has 1 heterocycles. The van der Waals surface area contributed by atoms with Gasteiger partial charge in [0.1, 0.15) is 5.75 Å². The van der Waals surface area contributed by atoms with Crippen molar-refractivity contribution in [1.29, 1.82) is 0 Å². The lowest BCUT2D eigenvalue weighted by Gasteiger charge is -2.17. The molecule has 1 unspecified atom stereocenters. The maximum atomic E-state index is 5.77. The first-order chi connectivity index (χ1) is 7.61. The fourth-order valence-corrected chi connectivity index (χ4v) is 1.98. The first kappa shape index (κ1) is 11.4. The summed E-state index contributed by atoms with van der Waals surface area (Å²) in [5.74, 6) is 0.461. The summed E-state index contributed by atoms with van der Waals surface area (Å²) in [6.45, 7) is 4.52. The molecule has 0 bridgehead atoms. The zero-order valence-corrected chi connectivity index (χ0v) is 10.0. The molecular weight excluding hydrogens is 204 g/mol. The van der Waals surface area contributed by atoms with Crippen molar-refractivity contribution in [2.45, 2.75) is 32.2 Å². The summed E-state index contributed by atoms with van der Waals surface area (Å²) < 4.78 is 16.6. The average molecular weight is 222 g/mol. The molecule has 3 nitrogen and oxygen atoms in total. The number of ether oxygens (including phenoxy) is 3. The van der Waals surface area contributed by atoms with Crippen LogP contribution >= 0.6 is 0 Å². The fourth-order valence-electron chi connectivity index (χ4n) is 1.98. The summed E-state index contributed by atoms with van der Waals surface area (Å²) in [6.07, 6.45) is 0.944. The van der Waals surface area contributed by atoms with E-state index in [9.17, 15) is 0 Å². The Morgan fingerprint density at radius 1 is 1.38 bits per heavy atom. The van der Waals surface area contributed by atoms with Gasteiger partial charge in [0.2, 0.25) is 0 Å². The Bertz CT molecular complexity index is 360. The predicted molar refractivity (Wildman–Crippen MR) is 61.6 cm³/mol. The normalized spacial score (nSPS) is 23.3. The Morgan fingerprint density at radius 2 is 2.12 bits per heavy atom. The third kappa shape index (κ3) is 2.54. The highest BCUT2D eigenvalue weighted by molar-refractivity contribution is 5.33. The van der Waals surface area contributed by atoms with Gasteiger partial charge in [0.25, 0.3) is 0 Å². The number of hydrogen-bond acceptors (Lipinski definition) is 3. The Labute approximate surface area is 96.3 Å². The third-order valence-corrected chi connectivity index (χ3v) is 2.71. The van der Waals surface area contributed by atoms with Crippen LogP contribution in [0.25, 0.3) is 0 Å². The Morgan fingerprint density at radius 3 is 2.75 bits per heavy atom. The van der Waals surface area contributed by atoms with Gasteiger partial charge in [-0.1, -0.05) is 18.2 Å². The summed E-state index contributed by atoms with van der Waals surface area (Å²) in [7, 11) is 1.69. The Kier molecular flexibility index (Phi) is 3.17. The van der Waals surface area contributed by atoms with E-state index in [0.717, 1.165) is 17.7 Å². The van der Waals surface area contributed by atoms with E-state index >= 15 is 0 Å². The summed E-state index contributed by atoms with van der Waals surface area (Å²) in [5, 5.41) is 0. The molecule has 0 N–H and O–H groups in total. The minimum Gasteiger partial charge on any atom is -0.496 e. The molecule has 0 aliphatic carbocycles. The number of hydrogen-bond donors (Lipinski definition) is 0. The van der Waals surface area contributed by atoms with E-state index in [4.69, 9.17) is 14.2 Å².